The van der Waals surface area contributed by atoms with Gasteiger partial charge in [-0.25, -0.2) is 0 Å². The van der Waals surface area contributed by atoms with Gasteiger partial charge in [0.15, 0.2) is 0 Å². The van der Waals surface area contributed by atoms with Gasteiger partial charge in [-0.05, 0) is 25.0 Å². The summed E-state index contributed by atoms with van der Waals surface area (Å²) < 4.78 is 5.73. The van der Waals surface area contributed by atoms with Crippen molar-refractivity contribution in [3.8, 4) is 0 Å². The van der Waals surface area contributed by atoms with E-state index in [1.165, 1.54) is 0 Å². The second-order valence-corrected chi connectivity index (χ2v) is 3.66. The normalized spacial score (nSPS) is 12.7. The molecule has 0 saturated carbocycles. The number of rotatable bonds is 5. The van der Waals surface area contributed by atoms with Crippen molar-refractivity contribution in [1.82, 2.24) is 0 Å². The van der Waals surface area contributed by atoms with Crippen LogP contribution in [0.1, 0.15) is 38.4 Å². The first-order valence-electron chi connectivity index (χ1n) is 5.45. The molecule has 1 aromatic rings. The van der Waals surface area contributed by atoms with Crippen LogP contribution >= 0.6 is 0 Å². The quantitative estimate of drug-likeness (QED) is 0.731. The molecule has 0 amide bonds. The minimum Gasteiger partial charge on any atom is -0.399 e. The van der Waals surface area contributed by atoms with E-state index in [-0.39, 0.29) is 6.10 Å². The predicted octanol–water partition coefficient (Wildman–Crippen LogP) is 2.73. The van der Waals surface area contributed by atoms with Gasteiger partial charge in [0.1, 0.15) is 0 Å². The number of hydrogen-bond donors (Lipinski definition) is 2. The molecule has 0 saturated heterocycles. The molecule has 1 atom stereocenters. The Kier molecular flexibility index (Phi) is 4.43. The maximum Gasteiger partial charge on any atom is 0.0842 e. The molecule has 0 aliphatic rings. The van der Waals surface area contributed by atoms with E-state index < -0.39 is 0 Å². The molecule has 1 rings (SSSR count). The van der Waals surface area contributed by atoms with E-state index in [0.29, 0.717) is 5.69 Å². The minimum absolute atomic E-state index is 0.0885. The monoisotopic (exact) mass is 208 g/mol. The van der Waals surface area contributed by atoms with Crippen LogP contribution in [0.4, 0.5) is 11.4 Å². The van der Waals surface area contributed by atoms with Crippen molar-refractivity contribution >= 4 is 11.4 Å². The molecule has 15 heavy (non-hydrogen) atoms. The Morgan fingerprint density at radius 2 is 2.00 bits per heavy atom. The van der Waals surface area contributed by atoms with Crippen LogP contribution in [0, 0.1) is 0 Å². The van der Waals surface area contributed by atoms with Gasteiger partial charge in [0.25, 0.3) is 0 Å². The summed E-state index contributed by atoms with van der Waals surface area (Å²) in [6.45, 7) is 4.96. The topological polar surface area (TPSA) is 61.3 Å². The van der Waals surface area contributed by atoms with Crippen molar-refractivity contribution in [2.45, 2.75) is 32.8 Å². The van der Waals surface area contributed by atoms with Crippen LogP contribution in [0.5, 0.6) is 0 Å². The molecule has 1 aromatic carbocycles. The van der Waals surface area contributed by atoms with E-state index in [1.54, 1.807) is 6.07 Å². The molecule has 3 heteroatoms. The fraction of sp³-hybridized carbons (Fsp3) is 0.500. The molecule has 1 unspecified atom stereocenters. The van der Waals surface area contributed by atoms with E-state index >= 15 is 0 Å². The summed E-state index contributed by atoms with van der Waals surface area (Å²) in [6.07, 6.45) is 2.03. The van der Waals surface area contributed by atoms with Gasteiger partial charge in [-0.3, -0.25) is 0 Å². The summed E-state index contributed by atoms with van der Waals surface area (Å²) in [5.41, 5.74) is 14.0. The maximum absolute atomic E-state index is 5.91. The van der Waals surface area contributed by atoms with E-state index in [9.17, 15) is 0 Å². The third kappa shape index (κ3) is 3.13. The van der Waals surface area contributed by atoms with Crippen LogP contribution in [-0.2, 0) is 4.74 Å². The summed E-state index contributed by atoms with van der Waals surface area (Å²) in [7, 11) is 0. The maximum atomic E-state index is 5.91. The van der Waals surface area contributed by atoms with Crippen molar-refractivity contribution in [3.63, 3.8) is 0 Å². The Bertz CT molecular complexity index is 312. The number of anilines is 2. The molecular weight excluding hydrogens is 188 g/mol. The zero-order valence-corrected chi connectivity index (χ0v) is 9.49. The highest BCUT2D eigenvalue weighted by molar-refractivity contribution is 5.57. The molecule has 0 fully saturated rings. The molecule has 3 nitrogen and oxygen atoms in total. The van der Waals surface area contributed by atoms with Crippen molar-refractivity contribution in [1.29, 1.82) is 0 Å². The average molecular weight is 208 g/mol. The van der Waals surface area contributed by atoms with Gasteiger partial charge in [-0.1, -0.05) is 19.9 Å². The summed E-state index contributed by atoms with van der Waals surface area (Å²) in [5, 5.41) is 0. The zero-order valence-electron chi connectivity index (χ0n) is 9.49. The lowest BCUT2D eigenvalue weighted by Gasteiger charge is -2.18. The Morgan fingerprint density at radius 1 is 1.27 bits per heavy atom. The molecule has 0 bridgehead atoms. The minimum atomic E-state index is 0.0885. The van der Waals surface area contributed by atoms with Crippen LogP contribution in [-0.4, -0.2) is 6.61 Å². The first kappa shape index (κ1) is 11.9. The highest BCUT2D eigenvalue weighted by atomic mass is 16.5. The third-order valence-electron chi connectivity index (χ3n) is 2.35. The third-order valence-corrected chi connectivity index (χ3v) is 2.35. The highest BCUT2D eigenvalue weighted by Crippen LogP contribution is 2.27. The Labute approximate surface area is 91.4 Å². The number of nitrogens with two attached hydrogens (primary N) is 2. The Balaban J connectivity index is 2.81. The van der Waals surface area contributed by atoms with Gasteiger partial charge in [0, 0.05) is 23.5 Å². The molecule has 4 N–H and O–H groups in total. The van der Waals surface area contributed by atoms with Crippen LogP contribution in [0.15, 0.2) is 18.2 Å². The van der Waals surface area contributed by atoms with E-state index in [2.05, 4.69) is 13.8 Å². The summed E-state index contributed by atoms with van der Waals surface area (Å²) in [6, 6.07) is 5.60. The Morgan fingerprint density at radius 3 is 2.53 bits per heavy atom. The summed E-state index contributed by atoms with van der Waals surface area (Å²) in [4.78, 5) is 0. The molecule has 0 aliphatic carbocycles. The Hall–Kier alpha value is -1.22. The van der Waals surface area contributed by atoms with Crippen LogP contribution in [0.2, 0.25) is 0 Å². The first-order chi connectivity index (χ1) is 7.19. The van der Waals surface area contributed by atoms with Gasteiger partial charge in [-0.15, -0.1) is 0 Å². The first-order valence-corrected chi connectivity index (χ1v) is 5.45. The smallest absolute Gasteiger partial charge is 0.0842 e. The van der Waals surface area contributed by atoms with Crippen LogP contribution in [0.25, 0.3) is 0 Å². The molecular formula is C12H20N2O. The predicted molar refractivity (Wildman–Crippen MR) is 64.5 cm³/mol. The standard InChI is InChI=1S/C12H20N2O/c1-3-7-15-12(4-2)10-6-5-9(13)8-11(10)14/h5-6,8,12H,3-4,7,13-14H2,1-2H3. The van der Waals surface area contributed by atoms with Crippen molar-refractivity contribution in [3.05, 3.63) is 23.8 Å². The van der Waals surface area contributed by atoms with Gasteiger partial charge in [0.05, 0.1) is 6.10 Å². The van der Waals surface area contributed by atoms with E-state index in [4.69, 9.17) is 16.2 Å². The largest absolute Gasteiger partial charge is 0.399 e. The van der Waals surface area contributed by atoms with Crippen molar-refractivity contribution in [2.24, 2.45) is 0 Å². The molecule has 0 aromatic heterocycles. The van der Waals surface area contributed by atoms with Gasteiger partial charge >= 0.3 is 0 Å². The number of hydrogen-bond acceptors (Lipinski definition) is 3. The van der Waals surface area contributed by atoms with Crippen molar-refractivity contribution < 1.29 is 4.74 Å². The SMILES string of the molecule is CCCOC(CC)c1ccc(N)cc1N. The average Bonchev–Trinajstić information content (AvgIpc) is 2.21. The fourth-order valence-corrected chi connectivity index (χ4v) is 1.57. The lowest BCUT2D eigenvalue weighted by atomic mass is 10.0. The second kappa shape index (κ2) is 5.61. The fourth-order valence-electron chi connectivity index (χ4n) is 1.57. The van der Waals surface area contributed by atoms with E-state index in [0.717, 1.165) is 30.7 Å². The molecule has 0 heterocycles. The number of ether oxygens (including phenoxy) is 1. The number of nitrogen functional groups attached to an aromatic ring is 2. The second-order valence-electron chi connectivity index (χ2n) is 3.66. The van der Waals surface area contributed by atoms with Crippen molar-refractivity contribution in [2.75, 3.05) is 18.1 Å². The highest BCUT2D eigenvalue weighted by Gasteiger charge is 2.12. The van der Waals surface area contributed by atoms with Gasteiger partial charge < -0.3 is 16.2 Å². The lowest BCUT2D eigenvalue weighted by molar-refractivity contribution is 0.0509. The lowest BCUT2D eigenvalue weighted by Crippen LogP contribution is -2.07. The number of benzene rings is 1. The molecule has 84 valence electrons. The van der Waals surface area contributed by atoms with E-state index in [1.807, 2.05) is 12.1 Å². The van der Waals surface area contributed by atoms with Gasteiger partial charge in [-0.2, -0.15) is 0 Å². The molecule has 0 aliphatic heterocycles. The molecule has 0 radical (unpaired) electrons. The van der Waals surface area contributed by atoms with Crippen LogP contribution < -0.4 is 11.5 Å². The van der Waals surface area contributed by atoms with Crippen LogP contribution in [0.3, 0.4) is 0 Å². The summed E-state index contributed by atoms with van der Waals surface area (Å²) >= 11 is 0. The zero-order chi connectivity index (χ0) is 11.3. The summed E-state index contributed by atoms with van der Waals surface area (Å²) in [5.74, 6) is 0. The van der Waals surface area contributed by atoms with Gasteiger partial charge in [0.2, 0.25) is 0 Å². The molecule has 0 spiro atoms.